The third-order valence-electron chi connectivity index (χ3n) is 4.71. The molecule has 0 aromatic heterocycles. The molecule has 1 fully saturated rings. The van der Waals surface area contributed by atoms with Gasteiger partial charge in [0.25, 0.3) is 0 Å². The molecular weight excluding hydrogens is 316 g/mol. The number of carbonyl (C=O) groups is 1. The molecule has 0 spiro atoms. The maximum absolute atomic E-state index is 12.9. The van der Waals surface area contributed by atoms with E-state index in [4.69, 9.17) is 9.47 Å². The Morgan fingerprint density at radius 2 is 1.96 bits per heavy atom. The van der Waals surface area contributed by atoms with Crippen LogP contribution in [-0.4, -0.2) is 31.7 Å². The third kappa shape index (κ3) is 3.55. The largest absolute Gasteiger partial charge is 0.497 e. The zero-order valence-corrected chi connectivity index (χ0v) is 14.9. The molecule has 0 unspecified atom stereocenters. The zero-order chi connectivity index (χ0) is 17.8. The Morgan fingerprint density at radius 1 is 1.16 bits per heavy atom. The number of nitrogens with zero attached hydrogens (tertiary/aromatic N) is 1. The lowest BCUT2D eigenvalue weighted by molar-refractivity contribution is 0.207. The molecule has 1 heterocycles. The first kappa shape index (κ1) is 17.1. The van der Waals surface area contributed by atoms with Crippen molar-refractivity contribution in [3.8, 4) is 11.5 Å². The zero-order valence-electron chi connectivity index (χ0n) is 14.9. The first-order valence-corrected chi connectivity index (χ1v) is 8.49. The van der Waals surface area contributed by atoms with E-state index in [1.165, 1.54) is 11.1 Å². The van der Waals surface area contributed by atoms with Gasteiger partial charge in [0, 0.05) is 12.6 Å². The molecule has 5 nitrogen and oxygen atoms in total. The second-order valence-corrected chi connectivity index (χ2v) is 6.20. The van der Waals surface area contributed by atoms with Crippen LogP contribution in [0.25, 0.3) is 0 Å². The smallest absolute Gasteiger partial charge is 0.322 e. The van der Waals surface area contributed by atoms with E-state index in [9.17, 15) is 4.79 Å². The number of aryl methyl sites for hydroxylation is 1. The van der Waals surface area contributed by atoms with Crippen molar-refractivity contribution < 1.29 is 14.3 Å². The standard InChI is InChI=1S/C20H24N2O3/c1-14-7-4-5-8-16(14)18-9-6-12-22(18)20(23)21-17-11-10-15(24-2)13-19(17)25-3/h4-5,7-8,10-11,13,18H,6,9,12H2,1-3H3,(H,21,23)/t18-/m1/s1. The van der Waals surface area contributed by atoms with Gasteiger partial charge in [0.1, 0.15) is 11.5 Å². The number of hydrogen-bond acceptors (Lipinski definition) is 3. The molecule has 25 heavy (non-hydrogen) atoms. The Morgan fingerprint density at radius 3 is 2.68 bits per heavy atom. The number of amides is 2. The predicted octanol–water partition coefficient (Wildman–Crippen LogP) is 4.38. The quantitative estimate of drug-likeness (QED) is 0.898. The highest BCUT2D eigenvalue weighted by Crippen LogP contribution is 2.35. The van der Waals surface area contributed by atoms with E-state index in [2.05, 4.69) is 24.4 Å². The van der Waals surface area contributed by atoms with Crippen molar-refractivity contribution in [3.05, 3.63) is 53.6 Å². The van der Waals surface area contributed by atoms with Crippen molar-refractivity contribution in [2.24, 2.45) is 0 Å². The summed E-state index contributed by atoms with van der Waals surface area (Å²) in [6, 6.07) is 13.6. The van der Waals surface area contributed by atoms with Crippen LogP contribution in [0.15, 0.2) is 42.5 Å². The number of urea groups is 1. The minimum Gasteiger partial charge on any atom is -0.497 e. The van der Waals surface area contributed by atoms with E-state index in [1.54, 1.807) is 32.4 Å². The first-order valence-electron chi connectivity index (χ1n) is 8.49. The molecule has 0 aliphatic carbocycles. The number of likely N-dealkylation sites (tertiary alicyclic amines) is 1. The summed E-state index contributed by atoms with van der Waals surface area (Å²) in [5.74, 6) is 1.27. The summed E-state index contributed by atoms with van der Waals surface area (Å²) in [6.07, 6.45) is 1.99. The Kier molecular flexibility index (Phi) is 5.12. The van der Waals surface area contributed by atoms with Crippen LogP contribution in [0.5, 0.6) is 11.5 Å². The second kappa shape index (κ2) is 7.47. The van der Waals surface area contributed by atoms with Gasteiger partial charge in [-0.05, 0) is 43.0 Å². The number of carbonyl (C=O) groups excluding carboxylic acids is 1. The summed E-state index contributed by atoms with van der Waals surface area (Å²) in [6.45, 7) is 2.85. The summed E-state index contributed by atoms with van der Waals surface area (Å²) in [5.41, 5.74) is 3.08. The molecule has 1 saturated heterocycles. The average molecular weight is 340 g/mol. The number of ether oxygens (including phenoxy) is 2. The van der Waals surface area contributed by atoms with E-state index in [0.717, 1.165) is 19.4 Å². The van der Waals surface area contributed by atoms with Crippen molar-refractivity contribution in [2.75, 3.05) is 26.1 Å². The highest BCUT2D eigenvalue weighted by Gasteiger charge is 2.31. The van der Waals surface area contributed by atoms with Gasteiger partial charge in [-0.3, -0.25) is 0 Å². The maximum atomic E-state index is 12.9. The van der Waals surface area contributed by atoms with E-state index >= 15 is 0 Å². The molecule has 2 aromatic carbocycles. The van der Waals surface area contributed by atoms with Gasteiger partial charge in [0.15, 0.2) is 0 Å². The summed E-state index contributed by atoms with van der Waals surface area (Å²) < 4.78 is 10.6. The number of anilines is 1. The Balaban J connectivity index is 1.80. The molecule has 3 rings (SSSR count). The van der Waals surface area contributed by atoms with Crippen molar-refractivity contribution in [2.45, 2.75) is 25.8 Å². The lowest BCUT2D eigenvalue weighted by Crippen LogP contribution is -2.34. The summed E-state index contributed by atoms with van der Waals surface area (Å²) >= 11 is 0. The molecular formula is C20H24N2O3. The van der Waals surface area contributed by atoms with Gasteiger partial charge < -0.3 is 19.7 Å². The van der Waals surface area contributed by atoms with E-state index in [-0.39, 0.29) is 12.1 Å². The van der Waals surface area contributed by atoms with Crippen LogP contribution in [0.1, 0.15) is 30.0 Å². The fraction of sp³-hybridized carbons (Fsp3) is 0.350. The third-order valence-corrected chi connectivity index (χ3v) is 4.71. The summed E-state index contributed by atoms with van der Waals surface area (Å²) in [4.78, 5) is 14.8. The number of nitrogens with one attached hydrogen (secondary N) is 1. The van der Waals surface area contributed by atoms with Gasteiger partial charge in [-0.1, -0.05) is 24.3 Å². The van der Waals surface area contributed by atoms with Crippen LogP contribution < -0.4 is 14.8 Å². The highest BCUT2D eigenvalue weighted by molar-refractivity contribution is 5.91. The predicted molar refractivity (Wildman–Crippen MR) is 98.4 cm³/mol. The van der Waals surface area contributed by atoms with Crippen LogP contribution in [0.3, 0.4) is 0 Å². The normalized spacial score (nSPS) is 16.6. The molecule has 1 N–H and O–H groups in total. The molecule has 2 amide bonds. The molecule has 2 aromatic rings. The SMILES string of the molecule is COc1ccc(NC(=O)N2CCC[C@@H]2c2ccccc2C)c(OC)c1. The fourth-order valence-corrected chi connectivity index (χ4v) is 3.38. The van der Waals surface area contributed by atoms with Crippen LogP contribution in [0.2, 0.25) is 0 Å². The topological polar surface area (TPSA) is 50.8 Å². The lowest BCUT2D eigenvalue weighted by Gasteiger charge is -2.27. The molecule has 132 valence electrons. The molecule has 1 atom stereocenters. The van der Waals surface area contributed by atoms with Gasteiger partial charge in [0.05, 0.1) is 25.9 Å². The first-order chi connectivity index (χ1) is 12.1. The monoisotopic (exact) mass is 340 g/mol. The minimum absolute atomic E-state index is 0.103. The van der Waals surface area contributed by atoms with Crippen LogP contribution >= 0.6 is 0 Å². The fourth-order valence-electron chi connectivity index (χ4n) is 3.38. The van der Waals surface area contributed by atoms with E-state index in [0.29, 0.717) is 17.2 Å². The van der Waals surface area contributed by atoms with Crippen molar-refractivity contribution in [1.29, 1.82) is 0 Å². The Bertz CT molecular complexity index is 760. The van der Waals surface area contributed by atoms with Gasteiger partial charge in [-0.15, -0.1) is 0 Å². The lowest BCUT2D eigenvalue weighted by atomic mass is 9.99. The minimum atomic E-state index is -0.103. The molecule has 1 aliphatic rings. The number of hydrogen-bond donors (Lipinski definition) is 1. The van der Waals surface area contributed by atoms with Gasteiger partial charge >= 0.3 is 6.03 Å². The van der Waals surface area contributed by atoms with E-state index in [1.807, 2.05) is 17.0 Å². The molecule has 0 radical (unpaired) electrons. The molecule has 0 bridgehead atoms. The van der Waals surface area contributed by atoms with Gasteiger partial charge in [0.2, 0.25) is 0 Å². The molecule has 1 aliphatic heterocycles. The number of methoxy groups -OCH3 is 2. The van der Waals surface area contributed by atoms with Crippen molar-refractivity contribution in [1.82, 2.24) is 4.90 Å². The maximum Gasteiger partial charge on any atom is 0.322 e. The van der Waals surface area contributed by atoms with Crippen molar-refractivity contribution in [3.63, 3.8) is 0 Å². The molecule has 5 heteroatoms. The Hall–Kier alpha value is -2.69. The second-order valence-electron chi connectivity index (χ2n) is 6.20. The van der Waals surface area contributed by atoms with E-state index < -0.39 is 0 Å². The average Bonchev–Trinajstić information content (AvgIpc) is 3.12. The summed E-state index contributed by atoms with van der Waals surface area (Å²) in [7, 11) is 3.18. The highest BCUT2D eigenvalue weighted by atomic mass is 16.5. The Labute approximate surface area is 148 Å². The van der Waals surface area contributed by atoms with Crippen LogP contribution in [0, 0.1) is 6.92 Å². The van der Waals surface area contributed by atoms with Crippen LogP contribution in [-0.2, 0) is 0 Å². The molecule has 0 saturated carbocycles. The van der Waals surface area contributed by atoms with Crippen molar-refractivity contribution >= 4 is 11.7 Å². The number of rotatable bonds is 4. The van der Waals surface area contributed by atoms with Crippen LogP contribution in [0.4, 0.5) is 10.5 Å². The number of benzene rings is 2. The van der Waals surface area contributed by atoms with Gasteiger partial charge in [-0.2, -0.15) is 0 Å². The van der Waals surface area contributed by atoms with Gasteiger partial charge in [-0.25, -0.2) is 4.79 Å². The summed E-state index contributed by atoms with van der Waals surface area (Å²) in [5, 5.41) is 2.98.